The van der Waals surface area contributed by atoms with Crippen LogP contribution in [0.3, 0.4) is 0 Å². The summed E-state index contributed by atoms with van der Waals surface area (Å²) < 4.78 is 97.2. The number of nitrogens with zero attached hydrogens (tertiary/aromatic N) is 5. The van der Waals surface area contributed by atoms with E-state index >= 15 is 4.39 Å². The van der Waals surface area contributed by atoms with E-state index in [2.05, 4.69) is 36.4 Å². The molecule has 0 amide bonds. The molecule has 6 rings (SSSR count). The third-order valence-corrected chi connectivity index (χ3v) is 12.4. The summed E-state index contributed by atoms with van der Waals surface area (Å²) in [6.45, 7) is 8.83. The number of fused-ring (bicyclic) bond motifs is 1. The van der Waals surface area contributed by atoms with Crippen LogP contribution in [0.1, 0.15) is 27.5 Å². The third-order valence-electron chi connectivity index (χ3n) is 8.85. The van der Waals surface area contributed by atoms with Crippen molar-refractivity contribution in [2.75, 3.05) is 65.3 Å². The summed E-state index contributed by atoms with van der Waals surface area (Å²) in [4.78, 5) is 20.7. The van der Waals surface area contributed by atoms with Crippen LogP contribution >= 0.6 is 11.3 Å². The van der Waals surface area contributed by atoms with Crippen LogP contribution in [0.5, 0.6) is 23.0 Å². The van der Waals surface area contributed by atoms with Gasteiger partial charge >= 0.3 is 5.97 Å². The molecule has 302 valence electrons. The fourth-order valence-electron chi connectivity index (χ4n) is 5.89. The van der Waals surface area contributed by atoms with Crippen molar-refractivity contribution in [2.45, 2.75) is 30.1 Å². The number of nitrogens with one attached hydrogen (secondary N) is 1. The van der Waals surface area contributed by atoms with E-state index in [4.69, 9.17) is 18.8 Å². The van der Waals surface area contributed by atoms with Crippen molar-refractivity contribution < 1.29 is 49.5 Å². The van der Waals surface area contributed by atoms with E-state index < -0.39 is 31.9 Å². The molecule has 3 aromatic heterocycles. The summed E-state index contributed by atoms with van der Waals surface area (Å²) in [6, 6.07) is 10.0. The lowest BCUT2D eigenvalue weighted by atomic mass is 10.1. The van der Waals surface area contributed by atoms with Gasteiger partial charge in [0.2, 0.25) is 0 Å². The maximum Gasteiger partial charge on any atom is 0.349 e. The molecule has 20 heteroatoms. The molecule has 0 spiro atoms. The molecule has 0 radical (unpaired) electrons. The molecule has 4 heterocycles. The summed E-state index contributed by atoms with van der Waals surface area (Å²) in [5, 5.41) is 5.89. The van der Waals surface area contributed by atoms with Crippen molar-refractivity contribution in [3.8, 4) is 23.0 Å². The molecule has 0 unspecified atom stereocenters. The maximum absolute atomic E-state index is 15.2. The number of hydrogen-bond donors (Lipinski definition) is 2. The molecular formula is C36H43FN6O10S3. The quantitative estimate of drug-likeness (QED) is 0.0902. The number of ether oxygens (including phenoxy) is 4. The zero-order valence-corrected chi connectivity index (χ0v) is 34.1. The van der Waals surface area contributed by atoms with E-state index in [1.807, 2.05) is 0 Å². The highest BCUT2D eigenvalue weighted by Gasteiger charge is 2.26. The van der Waals surface area contributed by atoms with Gasteiger partial charge in [-0.3, -0.25) is 18.9 Å². The fourth-order valence-corrected chi connectivity index (χ4v) is 9.19. The smallest absolute Gasteiger partial charge is 0.349 e. The van der Waals surface area contributed by atoms with Crippen LogP contribution in [0, 0.1) is 19.7 Å². The first-order valence-electron chi connectivity index (χ1n) is 17.2. The lowest BCUT2D eigenvalue weighted by Gasteiger charge is -2.32. The van der Waals surface area contributed by atoms with Gasteiger partial charge in [0, 0.05) is 63.5 Å². The first kappa shape index (κ1) is 42.3. The monoisotopic (exact) mass is 834 g/mol. The van der Waals surface area contributed by atoms with Crippen LogP contribution in [-0.4, -0.2) is 113 Å². The molecule has 0 atom stereocenters. The van der Waals surface area contributed by atoms with Crippen molar-refractivity contribution in [1.29, 1.82) is 0 Å². The molecule has 1 saturated heterocycles. The number of likely N-dealkylation sites (N-methyl/N-ethyl adjacent to an activating group) is 1. The van der Waals surface area contributed by atoms with Crippen molar-refractivity contribution in [3.63, 3.8) is 0 Å². The van der Waals surface area contributed by atoms with Crippen molar-refractivity contribution in [3.05, 3.63) is 76.1 Å². The largest absolute Gasteiger partial charge is 0.493 e. The van der Waals surface area contributed by atoms with Gasteiger partial charge in [0.05, 0.1) is 43.4 Å². The second-order valence-electron chi connectivity index (χ2n) is 12.7. The Balaban J connectivity index is 0.000000427. The maximum atomic E-state index is 15.2. The lowest BCUT2D eigenvalue weighted by molar-refractivity contribution is 0.0602. The minimum Gasteiger partial charge on any atom is -0.493 e. The average Bonchev–Trinajstić information content (AvgIpc) is 3.75. The molecule has 1 aliphatic heterocycles. The van der Waals surface area contributed by atoms with Gasteiger partial charge < -0.3 is 28.7 Å². The molecule has 2 N–H and O–H groups in total. The number of methoxy groups -OCH3 is 2. The van der Waals surface area contributed by atoms with Gasteiger partial charge in [-0.2, -0.15) is 13.5 Å². The second-order valence-corrected chi connectivity index (χ2v) is 16.7. The Bertz CT molecular complexity index is 2410. The van der Waals surface area contributed by atoms with Crippen LogP contribution in [0.2, 0.25) is 0 Å². The number of benzene rings is 2. The highest BCUT2D eigenvalue weighted by atomic mass is 32.2. The Morgan fingerprint density at radius 1 is 0.964 bits per heavy atom. The van der Waals surface area contributed by atoms with Gasteiger partial charge in [-0.1, -0.05) is 0 Å². The molecule has 1 aliphatic rings. The predicted octanol–water partition coefficient (Wildman–Crippen LogP) is 5.12. The van der Waals surface area contributed by atoms with Gasteiger partial charge in [0.1, 0.15) is 20.4 Å². The average molecular weight is 835 g/mol. The molecule has 5 aromatic rings. The first-order chi connectivity index (χ1) is 26.5. The standard InChI is InChI=1S/C30H33FN4O7S2.C6H10N2O3S/c1-34-11-13-35(14-12-34)10-4-15-41-27-19-23-21(18-26(27)39-2)24(7-9-32-23)42-25-6-5-20(17-22(25)31)33-44(37,38)28-8-16-43-29(28)30(36)40-3;1-4-6(12(9,10)11)5(2)8(3)7-4/h5-9,16-19,33H,4,10-15H2,1-3H3;1-3H3,(H,9,10,11). The number of carbonyl (C=O) groups is 1. The Kier molecular flexibility index (Phi) is 13.6. The summed E-state index contributed by atoms with van der Waals surface area (Å²) in [5.74, 6) is -0.360. The van der Waals surface area contributed by atoms with E-state index in [1.165, 1.54) is 35.2 Å². The minimum absolute atomic E-state index is 0.0486. The molecule has 56 heavy (non-hydrogen) atoms. The number of rotatable bonds is 13. The van der Waals surface area contributed by atoms with Crippen LogP contribution in [0.4, 0.5) is 10.1 Å². The number of aryl methyl sites for hydroxylation is 2. The minimum atomic E-state index is -4.19. The Morgan fingerprint density at radius 3 is 2.30 bits per heavy atom. The van der Waals surface area contributed by atoms with Crippen LogP contribution < -0.4 is 18.9 Å². The van der Waals surface area contributed by atoms with Crippen molar-refractivity contribution in [1.82, 2.24) is 24.6 Å². The van der Waals surface area contributed by atoms with Gasteiger partial charge in [-0.25, -0.2) is 17.6 Å². The van der Waals surface area contributed by atoms with Crippen LogP contribution in [0.25, 0.3) is 10.9 Å². The van der Waals surface area contributed by atoms with E-state index in [-0.39, 0.29) is 26.1 Å². The zero-order valence-electron chi connectivity index (χ0n) is 31.6. The second kappa shape index (κ2) is 17.9. The molecule has 0 aliphatic carbocycles. The zero-order chi connectivity index (χ0) is 40.8. The van der Waals surface area contributed by atoms with Gasteiger partial charge in [0.15, 0.2) is 23.1 Å². The van der Waals surface area contributed by atoms with Crippen LogP contribution in [0.15, 0.2) is 63.8 Å². The number of halogens is 1. The first-order valence-corrected chi connectivity index (χ1v) is 21.0. The SMILES string of the molecule is COC(=O)c1sccc1S(=O)(=O)Nc1ccc(Oc2ccnc3cc(OCCCN4CCN(C)CC4)c(OC)cc23)c(F)c1.Cc1nn(C)c(C)c1S(=O)(=O)O. The number of thiophene rings is 1. The fraction of sp³-hybridized carbons (Fsp3) is 0.361. The highest BCUT2D eigenvalue weighted by molar-refractivity contribution is 7.93. The highest BCUT2D eigenvalue weighted by Crippen LogP contribution is 2.38. The number of anilines is 1. The molecule has 1 fully saturated rings. The van der Waals surface area contributed by atoms with Crippen molar-refractivity contribution in [2.24, 2.45) is 7.05 Å². The number of pyridine rings is 1. The van der Waals surface area contributed by atoms with Gasteiger partial charge in [0.25, 0.3) is 20.1 Å². The summed E-state index contributed by atoms with van der Waals surface area (Å²) in [7, 11) is -1.86. The Hall–Kier alpha value is -4.86. The van der Waals surface area contributed by atoms with E-state index in [0.29, 0.717) is 46.1 Å². The van der Waals surface area contributed by atoms with E-state index in [9.17, 15) is 21.6 Å². The van der Waals surface area contributed by atoms with E-state index in [1.54, 1.807) is 45.5 Å². The van der Waals surface area contributed by atoms with E-state index in [0.717, 1.165) is 63.7 Å². The van der Waals surface area contributed by atoms with Gasteiger partial charge in [-0.15, -0.1) is 11.3 Å². The van der Waals surface area contributed by atoms with Gasteiger partial charge in [-0.05, 0) is 63.0 Å². The number of hydrogen-bond acceptors (Lipinski definition) is 14. The third kappa shape index (κ3) is 10.1. The van der Waals surface area contributed by atoms with Crippen LogP contribution in [-0.2, 0) is 31.9 Å². The molecule has 2 aromatic carbocycles. The molecule has 0 saturated carbocycles. The summed E-state index contributed by atoms with van der Waals surface area (Å²) >= 11 is 0.928. The molecule has 16 nitrogen and oxygen atoms in total. The summed E-state index contributed by atoms with van der Waals surface area (Å²) in [5.41, 5.74) is 1.28. The molecule has 0 bridgehead atoms. The molecular weight excluding hydrogens is 792 g/mol. The number of aromatic nitrogens is 3. The lowest BCUT2D eigenvalue weighted by Crippen LogP contribution is -2.44. The number of sulfonamides is 1. The topological polar surface area (TPSA) is 192 Å². The summed E-state index contributed by atoms with van der Waals surface area (Å²) in [6.07, 6.45) is 2.41. The predicted molar refractivity (Wildman–Crippen MR) is 208 cm³/mol. The van der Waals surface area contributed by atoms with Crippen molar-refractivity contribution >= 4 is 54.0 Å². The Morgan fingerprint density at radius 2 is 1.70 bits per heavy atom. The Labute approximate surface area is 328 Å². The number of esters is 1. The normalized spacial score (nSPS) is 13.9. The number of carbonyl (C=O) groups excluding carboxylic acids is 1. The number of piperazine rings is 1.